The summed E-state index contributed by atoms with van der Waals surface area (Å²) in [7, 11) is 0. The summed E-state index contributed by atoms with van der Waals surface area (Å²) in [4.78, 5) is 11.9. The molecule has 0 aromatic heterocycles. The van der Waals surface area contributed by atoms with Crippen molar-refractivity contribution in [2.45, 2.75) is 96.8 Å². The number of hydrogen-bond donors (Lipinski definition) is 0. The second-order valence-corrected chi connectivity index (χ2v) is 12.8. The van der Waals surface area contributed by atoms with Crippen molar-refractivity contribution in [2.24, 2.45) is 0 Å². The maximum atomic E-state index is 11.9. The Labute approximate surface area is 319 Å². The van der Waals surface area contributed by atoms with Crippen LogP contribution in [0.25, 0.3) is 0 Å². The van der Waals surface area contributed by atoms with E-state index in [9.17, 15) is 4.79 Å². The molecule has 0 rings (SSSR count). The zero-order valence-electron chi connectivity index (χ0n) is 32.2. The van der Waals surface area contributed by atoms with Crippen LogP contribution >= 0.6 is 15.9 Å². The number of rotatable bonds is 46. The van der Waals surface area contributed by atoms with E-state index in [1.165, 1.54) is 70.6 Å². The van der Waals surface area contributed by atoms with Crippen LogP contribution in [-0.4, -0.2) is 150 Å². The molecule has 0 aromatic rings. The quantitative estimate of drug-likeness (QED) is 0.0376. The van der Waals surface area contributed by atoms with Gasteiger partial charge in [0.15, 0.2) is 0 Å². The highest BCUT2D eigenvalue weighted by Crippen LogP contribution is 2.13. The Balaban J connectivity index is 3.12. The average Bonchev–Trinajstić information content (AvgIpc) is 3.14. The van der Waals surface area contributed by atoms with Gasteiger partial charge in [-0.1, -0.05) is 99.9 Å². The highest BCUT2D eigenvalue weighted by atomic mass is 79.9. The number of unbranched alkanes of at least 4 members (excludes halogenated alkanes) is 12. The number of carbonyl (C=O) groups excluding carboxylic acids is 1. The first-order valence-corrected chi connectivity index (χ1v) is 20.9. The van der Waals surface area contributed by atoms with Crippen molar-refractivity contribution in [3.05, 3.63) is 0 Å². The van der Waals surface area contributed by atoms with Gasteiger partial charge in [0.1, 0.15) is 6.61 Å². The van der Waals surface area contributed by atoms with Crippen LogP contribution in [0.15, 0.2) is 0 Å². The zero-order valence-corrected chi connectivity index (χ0v) is 33.8. The number of halogens is 1. The van der Waals surface area contributed by atoms with Crippen molar-refractivity contribution in [2.75, 3.05) is 144 Å². The van der Waals surface area contributed by atoms with E-state index < -0.39 is 0 Å². The smallest absolute Gasteiger partial charge is 0.305 e. The van der Waals surface area contributed by atoms with E-state index in [1.807, 2.05) is 0 Å². The van der Waals surface area contributed by atoms with E-state index in [0.29, 0.717) is 145 Å². The minimum absolute atomic E-state index is 0.130. The molecule has 0 aromatic carbocycles. The van der Waals surface area contributed by atoms with Gasteiger partial charge in [-0.2, -0.15) is 0 Å². The molecule has 0 radical (unpaired) electrons. The number of esters is 1. The third kappa shape index (κ3) is 47.5. The van der Waals surface area contributed by atoms with E-state index in [1.54, 1.807) is 0 Å². The predicted molar refractivity (Wildman–Crippen MR) is 203 cm³/mol. The Kier molecular flexibility index (Phi) is 47.2. The molecule has 13 heteroatoms. The highest BCUT2D eigenvalue weighted by molar-refractivity contribution is 9.09. The largest absolute Gasteiger partial charge is 0.463 e. The summed E-state index contributed by atoms with van der Waals surface area (Å²) < 4.78 is 59.8. The van der Waals surface area contributed by atoms with Crippen LogP contribution in [0.1, 0.15) is 96.8 Å². The fraction of sp³-hybridized carbons (Fsp3) is 0.974. The molecule has 0 aliphatic heterocycles. The van der Waals surface area contributed by atoms with Crippen LogP contribution in [0.3, 0.4) is 0 Å². The summed E-state index contributed by atoms with van der Waals surface area (Å²) in [5.41, 5.74) is 0. The average molecular weight is 804 g/mol. The minimum Gasteiger partial charge on any atom is -0.463 e. The van der Waals surface area contributed by atoms with E-state index in [2.05, 4.69) is 22.9 Å². The summed E-state index contributed by atoms with van der Waals surface area (Å²) in [5.74, 6) is -0.130. The van der Waals surface area contributed by atoms with Crippen molar-refractivity contribution in [1.29, 1.82) is 0 Å². The van der Waals surface area contributed by atoms with E-state index in [4.69, 9.17) is 52.1 Å². The van der Waals surface area contributed by atoms with Gasteiger partial charge in [0.2, 0.25) is 0 Å². The minimum atomic E-state index is -0.130. The molecule has 0 saturated heterocycles. The fourth-order valence-electron chi connectivity index (χ4n) is 4.71. The van der Waals surface area contributed by atoms with Crippen LogP contribution in [-0.2, 0) is 56.9 Å². The standard InChI is InChI=1S/C38H75BrO12/c1-2-3-4-5-6-7-8-9-10-11-12-13-14-15-38(40)51-37-36-50-35-34-49-33-32-48-31-30-47-29-28-46-27-26-45-25-24-44-23-22-43-21-20-42-19-18-41-17-16-39/h2-37H2,1H3. The van der Waals surface area contributed by atoms with Crippen molar-refractivity contribution in [1.82, 2.24) is 0 Å². The molecular weight excluding hydrogens is 728 g/mol. The van der Waals surface area contributed by atoms with Gasteiger partial charge in [0.05, 0.1) is 132 Å². The molecule has 0 aliphatic rings. The Bertz CT molecular complexity index is 650. The lowest BCUT2D eigenvalue weighted by atomic mass is 10.0. The van der Waals surface area contributed by atoms with Crippen LogP contribution < -0.4 is 0 Å². The third-order valence-corrected chi connectivity index (χ3v) is 7.87. The van der Waals surface area contributed by atoms with E-state index in [-0.39, 0.29) is 5.97 Å². The summed E-state index contributed by atoms with van der Waals surface area (Å²) in [6.45, 7) is 12.9. The molecule has 0 fully saturated rings. The van der Waals surface area contributed by atoms with Crippen molar-refractivity contribution in [3.8, 4) is 0 Å². The number of ether oxygens (including phenoxy) is 11. The molecule has 0 N–H and O–H groups in total. The second-order valence-electron chi connectivity index (χ2n) is 12.0. The molecule has 0 spiro atoms. The number of carbonyl (C=O) groups is 1. The van der Waals surface area contributed by atoms with Crippen molar-refractivity contribution in [3.63, 3.8) is 0 Å². The molecule has 0 heterocycles. The molecular formula is C38H75BrO12. The first-order chi connectivity index (χ1) is 25.3. The first kappa shape index (κ1) is 50.5. The lowest BCUT2D eigenvalue weighted by Crippen LogP contribution is -2.15. The van der Waals surface area contributed by atoms with Crippen molar-refractivity contribution >= 4 is 21.9 Å². The van der Waals surface area contributed by atoms with Crippen LogP contribution in [0, 0.1) is 0 Å². The number of alkyl halides is 1. The Morgan fingerprint density at radius 3 is 0.843 bits per heavy atom. The molecule has 0 aliphatic carbocycles. The molecule has 0 atom stereocenters. The Morgan fingerprint density at radius 2 is 0.569 bits per heavy atom. The lowest BCUT2D eigenvalue weighted by molar-refractivity contribution is -0.145. The predicted octanol–water partition coefficient (Wildman–Crippen LogP) is 6.57. The Hall–Kier alpha value is -0.450. The highest BCUT2D eigenvalue weighted by Gasteiger charge is 2.03. The topological polar surface area (TPSA) is 119 Å². The SMILES string of the molecule is CCCCCCCCCCCCCCCC(=O)OCCOCCOCCOCCOCCOCCOCCOCCOCCOCCOCCBr. The van der Waals surface area contributed by atoms with Gasteiger partial charge >= 0.3 is 5.97 Å². The van der Waals surface area contributed by atoms with E-state index in [0.717, 1.165) is 18.2 Å². The zero-order chi connectivity index (χ0) is 36.8. The molecule has 12 nitrogen and oxygen atoms in total. The van der Waals surface area contributed by atoms with Gasteiger partial charge in [-0.05, 0) is 6.42 Å². The van der Waals surface area contributed by atoms with Crippen molar-refractivity contribution < 1.29 is 56.9 Å². The fourth-order valence-corrected chi connectivity index (χ4v) is 4.94. The summed E-state index contributed by atoms with van der Waals surface area (Å²) >= 11 is 3.30. The molecule has 51 heavy (non-hydrogen) atoms. The first-order valence-electron chi connectivity index (χ1n) is 19.8. The van der Waals surface area contributed by atoms with Gasteiger partial charge in [0.25, 0.3) is 0 Å². The van der Waals surface area contributed by atoms with Gasteiger partial charge < -0.3 is 52.1 Å². The van der Waals surface area contributed by atoms with Gasteiger partial charge in [-0.25, -0.2) is 0 Å². The summed E-state index contributed by atoms with van der Waals surface area (Å²) in [6.07, 6.45) is 17.3. The monoisotopic (exact) mass is 802 g/mol. The molecule has 306 valence electrons. The normalized spacial score (nSPS) is 11.5. The van der Waals surface area contributed by atoms with Crippen LogP contribution in [0.5, 0.6) is 0 Å². The maximum absolute atomic E-state index is 11.9. The molecule has 0 amide bonds. The second kappa shape index (κ2) is 47.6. The summed E-state index contributed by atoms with van der Waals surface area (Å²) in [5, 5.41) is 0.836. The third-order valence-electron chi connectivity index (χ3n) is 7.54. The molecule has 0 saturated carbocycles. The van der Waals surface area contributed by atoms with Crippen LogP contribution in [0.2, 0.25) is 0 Å². The molecule has 0 unspecified atom stereocenters. The van der Waals surface area contributed by atoms with Gasteiger partial charge in [-0.3, -0.25) is 4.79 Å². The van der Waals surface area contributed by atoms with Crippen LogP contribution in [0.4, 0.5) is 0 Å². The molecule has 0 bridgehead atoms. The Morgan fingerprint density at radius 1 is 0.333 bits per heavy atom. The van der Waals surface area contributed by atoms with Gasteiger partial charge in [-0.15, -0.1) is 0 Å². The number of hydrogen-bond acceptors (Lipinski definition) is 12. The maximum Gasteiger partial charge on any atom is 0.305 e. The lowest BCUT2D eigenvalue weighted by Gasteiger charge is -2.09. The summed E-state index contributed by atoms with van der Waals surface area (Å²) in [6, 6.07) is 0. The van der Waals surface area contributed by atoms with Gasteiger partial charge in [0, 0.05) is 11.8 Å². The van der Waals surface area contributed by atoms with E-state index >= 15 is 0 Å².